The Balaban J connectivity index is 2.33. The number of rotatable bonds is 2. The first kappa shape index (κ1) is 12.1. The summed E-state index contributed by atoms with van der Waals surface area (Å²) in [6, 6.07) is 6.42. The molecule has 0 saturated heterocycles. The van der Waals surface area contributed by atoms with Gasteiger partial charge in [-0.05, 0) is 24.1 Å². The molecule has 1 atom stereocenters. The van der Waals surface area contributed by atoms with Gasteiger partial charge in [-0.1, -0.05) is 23.7 Å². The number of aliphatic hydroxyl groups excluding tert-OH is 1. The second-order valence-electron chi connectivity index (χ2n) is 4.17. The van der Waals surface area contributed by atoms with Gasteiger partial charge in [0.2, 0.25) is 0 Å². The molecule has 0 saturated carbocycles. The molecule has 1 unspecified atom stereocenters. The molecule has 0 radical (unpaired) electrons. The number of Topliss-reactive ketones (excluding diaryl/α,β-unsaturated/α-hetero) is 1. The van der Waals surface area contributed by atoms with Crippen molar-refractivity contribution in [3.05, 3.63) is 46.2 Å². The van der Waals surface area contributed by atoms with E-state index < -0.39 is 6.04 Å². The summed E-state index contributed by atoms with van der Waals surface area (Å²) in [5, 5.41) is 10.4. The number of allylic oxidation sites excluding steroid dienone is 1. The molecule has 0 fully saturated rings. The maximum absolute atomic E-state index is 11.8. The van der Waals surface area contributed by atoms with Gasteiger partial charge in [-0.25, -0.2) is 0 Å². The first-order valence-electron chi connectivity index (χ1n) is 5.56. The number of nitrogens with two attached hydrogens (primary N) is 1. The number of hydrogen-bond donors (Lipinski definition) is 2. The van der Waals surface area contributed by atoms with Gasteiger partial charge in [0, 0.05) is 17.9 Å². The molecule has 3 N–H and O–H groups in total. The number of ketones is 1. The van der Waals surface area contributed by atoms with Gasteiger partial charge in [-0.15, -0.1) is 0 Å². The molecule has 4 heteroatoms. The van der Waals surface area contributed by atoms with Crippen molar-refractivity contribution in [1.29, 1.82) is 0 Å². The number of carbonyl (C=O) groups is 1. The van der Waals surface area contributed by atoms with Crippen LogP contribution in [0.25, 0.3) is 0 Å². The summed E-state index contributed by atoms with van der Waals surface area (Å²) in [6.45, 7) is 0. The molecule has 0 spiro atoms. The predicted molar refractivity (Wildman–Crippen MR) is 66.9 cm³/mol. The summed E-state index contributed by atoms with van der Waals surface area (Å²) in [4.78, 5) is 11.8. The minimum Gasteiger partial charge on any atom is -0.512 e. The summed E-state index contributed by atoms with van der Waals surface area (Å²) in [7, 11) is 0. The van der Waals surface area contributed by atoms with Crippen LogP contribution in [-0.2, 0) is 4.79 Å². The maximum Gasteiger partial charge on any atom is 0.164 e. The summed E-state index contributed by atoms with van der Waals surface area (Å²) in [6.07, 6.45) is 1.69. The van der Waals surface area contributed by atoms with Gasteiger partial charge in [0.1, 0.15) is 5.76 Å². The smallest absolute Gasteiger partial charge is 0.164 e. The largest absolute Gasteiger partial charge is 0.512 e. The molecular weight excluding hydrogens is 238 g/mol. The van der Waals surface area contributed by atoms with Crippen molar-refractivity contribution in [2.75, 3.05) is 0 Å². The second-order valence-corrected chi connectivity index (χ2v) is 4.60. The first-order valence-corrected chi connectivity index (χ1v) is 5.93. The molecule has 1 aliphatic rings. The normalized spacial score (nSPS) is 18.4. The molecule has 2 rings (SSSR count). The summed E-state index contributed by atoms with van der Waals surface area (Å²) < 4.78 is 0. The van der Waals surface area contributed by atoms with Crippen LogP contribution >= 0.6 is 11.6 Å². The van der Waals surface area contributed by atoms with Crippen LogP contribution in [0.2, 0.25) is 5.02 Å². The van der Waals surface area contributed by atoms with E-state index in [1.54, 1.807) is 24.3 Å². The molecule has 90 valence electrons. The van der Waals surface area contributed by atoms with E-state index in [2.05, 4.69) is 0 Å². The topological polar surface area (TPSA) is 63.3 Å². The van der Waals surface area contributed by atoms with E-state index >= 15 is 0 Å². The minimum absolute atomic E-state index is 0.0591. The van der Waals surface area contributed by atoms with E-state index in [1.165, 1.54) is 0 Å². The van der Waals surface area contributed by atoms with Gasteiger partial charge >= 0.3 is 0 Å². The first-order chi connectivity index (χ1) is 8.09. The van der Waals surface area contributed by atoms with Crippen LogP contribution in [0, 0.1) is 0 Å². The Morgan fingerprint density at radius 3 is 2.47 bits per heavy atom. The molecule has 17 heavy (non-hydrogen) atoms. The van der Waals surface area contributed by atoms with Gasteiger partial charge in [0.25, 0.3) is 0 Å². The van der Waals surface area contributed by atoms with Crippen molar-refractivity contribution in [3.63, 3.8) is 0 Å². The van der Waals surface area contributed by atoms with Crippen molar-refractivity contribution in [2.24, 2.45) is 5.73 Å². The molecule has 0 amide bonds. The Morgan fingerprint density at radius 2 is 1.88 bits per heavy atom. The molecule has 3 nitrogen and oxygen atoms in total. The zero-order valence-corrected chi connectivity index (χ0v) is 10.1. The lowest BCUT2D eigenvalue weighted by atomic mass is 9.88. The number of carbonyl (C=O) groups excluding carboxylic acids is 1. The van der Waals surface area contributed by atoms with Gasteiger partial charge in [0.05, 0.1) is 11.6 Å². The van der Waals surface area contributed by atoms with Crippen LogP contribution in [-0.4, -0.2) is 10.9 Å². The molecule has 1 aromatic rings. The fourth-order valence-electron chi connectivity index (χ4n) is 2.04. The number of aliphatic hydroxyl groups is 1. The van der Waals surface area contributed by atoms with Crippen LogP contribution in [0.3, 0.4) is 0 Å². The fraction of sp³-hybridized carbons (Fsp3) is 0.308. The third-order valence-corrected chi connectivity index (χ3v) is 3.22. The van der Waals surface area contributed by atoms with Gasteiger partial charge in [-0.3, -0.25) is 4.79 Å². The van der Waals surface area contributed by atoms with E-state index in [1.807, 2.05) is 0 Å². The second kappa shape index (κ2) is 4.90. The fourth-order valence-corrected chi connectivity index (χ4v) is 2.16. The highest BCUT2D eigenvalue weighted by molar-refractivity contribution is 6.30. The van der Waals surface area contributed by atoms with E-state index in [0.29, 0.717) is 29.9 Å². The highest BCUT2D eigenvalue weighted by atomic mass is 35.5. The Morgan fingerprint density at radius 1 is 1.24 bits per heavy atom. The quantitative estimate of drug-likeness (QED) is 0.850. The standard InChI is InChI=1S/C13H14ClNO2/c14-9-6-4-8(5-7-9)13(15)12-10(16)2-1-3-11(12)17/h4-7,13,16H,1-3,15H2. The van der Waals surface area contributed by atoms with Crippen LogP contribution in [0.1, 0.15) is 30.9 Å². The summed E-state index contributed by atoms with van der Waals surface area (Å²) in [5.74, 6) is 0.0694. The van der Waals surface area contributed by atoms with Crippen molar-refractivity contribution < 1.29 is 9.90 Å². The van der Waals surface area contributed by atoms with Gasteiger partial charge < -0.3 is 10.8 Å². The SMILES string of the molecule is NC(C1=C(O)CCCC1=O)c1ccc(Cl)cc1. The van der Waals surface area contributed by atoms with Crippen molar-refractivity contribution in [2.45, 2.75) is 25.3 Å². The van der Waals surface area contributed by atoms with Crippen LogP contribution < -0.4 is 5.73 Å². The summed E-state index contributed by atoms with van der Waals surface area (Å²) >= 11 is 5.79. The van der Waals surface area contributed by atoms with E-state index in [9.17, 15) is 9.90 Å². The number of hydrogen-bond acceptors (Lipinski definition) is 3. The monoisotopic (exact) mass is 251 g/mol. The van der Waals surface area contributed by atoms with Gasteiger partial charge in [0.15, 0.2) is 5.78 Å². The van der Waals surface area contributed by atoms with Crippen LogP contribution in [0.4, 0.5) is 0 Å². The highest BCUT2D eigenvalue weighted by Crippen LogP contribution is 2.29. The molecule has 0 aromatic heterocycles. The van der Waals surface area contributed by atoms with Crippen molar-refractivity contribution in [3.8, 4) is 0 Å². The maximum atomic E-state index is 11.8. The number of halogens is 1. The highest BCUT2D eigenvalue weighted by Gasteiger charge is 2.26. The van der Waals surface area contributed by atoms with E-state index in [4.69, 9.17) is 17.3 Å². The molecule has 0 heterocycles. The number of benzene rings is 1. The third-order valence-electron chi connectivity index (χ3n) is 2.97. The average Bonchev–Trinajstić information content (AvgIpc) is 2.29. The van der Waals surface area contributed by atoms with Crippen LogP contribution in [0.15, 0.2) is 35.6 Å². The van der Waals surface area contributed by atoms with E-state index in [0.717, 1.165) is 5.56 Å². The average molecular weight is 252 g/mol. The van der Waals surface area contributed by atoms with Crippen molar-refractivity contribution >= 4 is 17.4 Å². The predicted octanol–water partition coefficient (Wildman–Crippen LogP) is 2.90. The summed E-state index contributed by atoms with van der Waals surface area (Å²) in [5.41, 5.74) is 7.15. The lowest BCUT2D eigenvalue weighted by molar-refractivity contribution is -0.116. The molecule has 0 bridgehead atoms. The Hall–Kier alpha value is -1.32. The Bertz CT molecular complexity index is 465. The van der Waals surface area contributed by atoms with Crippen molar-refractivity contribution in [1.82, 2.24) is 0 Å². The zero-order chi connectivity index (χ0) is 12.4. The Labute approximate surface area is 105 Å². The lowest BCUT2D eigenvalue weighted by Crippen LogP contribution is -2.23. The van der Waals surface area contributed by atoms with Gasteiger partial charge in [-0.2, -0.15) is 0 Å². The third kappa shape index (κ3) is 2.51. The van der Waals surface area contributed by atoms with Crippen LogP contribution in [0.5, 0.6) is 0 Å². The molecule has 1 aromatic carbocycles. The lowest BCUT2D eigenvalue weighted by Gasteiger charge is -2.21. The Kier molecular flexibility index (Phi) is 3.50. The molecule has 1 aliphatic carbocycles. The van der Waals surface area contributed by atoms with E-state index in [-0.39, 0.29) is 11.5 Å². The molecule has 0 aliphatic heterocycles. The minimum atomic E-state index is -0.569. The molecular formula is C13H14ClNO2. The zero-order valence-electron chi connectivity index (χ0n) is 9.32.